The predicted octanol–water partition coefficient (Wildman–Crippen LogP) is -0.833. The summed E-state index contributed by atoms with van der Waals surface area (Å²) in [5, 5.41) is 26.0. The minimum Gasteiger partial charge on any atom is -0.423 e. The maximum Gasteiger partial charge on any atom is 0.490 e. The number of para-hydroxylation sites is 1. The summed E-state index contributed by atoms with van der Waals surface area (Å²) in [6.45, 7) is 0. The highest BCUT2D eigenvalue weighted by atomic mass is 16.5. The molecule has 0 aromatic heterocycles. The molecular weight excluding hydrogens is 145 g/mol. The largest absolute Gasteiger partial charge is 0.490 e. The van der Waals surface area contributed by atoms with Crippen molar-refractivity contribution in [2.45, 2.75) is 0 Å². The molecule has 1 aromatic carbocycles. The van der Waals surface area contributed by atoms with E-state index in [-0.39, 0.29) is 5.46 Å². The highest BCUT2D eigenvalue weighted by Crippen LogP contribution is 2.00. The van der Waals surface area contributed by atoms with Crippen LogP contribution in [0.2, 0.25) is 0 Å². The Balaban J connectivity index is 3.02. The molecule has 4 nitrogen and oxygen atoms in total. The van der Waals surface area contributed by atoms with Crippen molar-refractivity contribution >= 4 is 18.3 Å². The average Bonchev–Trinajstić information content (AvgIpc) is 2.04. The number of rotatable bonds is 2. The summed E-state index contributed by atoms with van der Waals surface area (Å²) in [6.07, 6.45) is 0. The monoisotopic (exact) mass is 153 g/mol. The Hall–Kier alpha value is -1.04. The Morgan fingerprint density at radius 1 is 1.18 bits per heavy atom. The molecular formula is C6H8BNO3. The van der Waals surface area contributed by atoms with Crippen LogP contribution in [-0.4, -0.2) is 22.4 Å². The molecule has 0 saturated carbocycles. The third-order valence-corrected chi connectivity index (χ3v) is 1.36. The van der Waals surface area contributed by atoms with Crippen molar-refractivity contribution in [3.05, 3.63) is 24.3 Å². The first-order valence-corrected chi connectivity index (χ1v) is 3.11. The SMILES string of the molecule is ONc1ccccc1B(O)O. The first kappa shape index (κ1) is 8.07. The summed E-state index contributed by atoms with van der Waals surface area (Å²) >= 11 is 0. The first-order chi connectivity index (χ1) is 5.25. The van der Waals surface area contributed by atoms with E-state index < -0.39 is 7.12 Å². The second-order valence-electron chi connectivity index (χ2n) is 2.07. The van der Waals surface area contributed by atoms with Gasteiger partial charge in [0.15, 0.2) is 0 Å². The Bertz CT molecular complexity index is 241. The molecule has 0 aliphatic rings. The van der Waals surface area contributed by atoms with E-state index >= 15 is 0 Å². The lowest BCUT2D eigenvalue weighted by Gasteiger charge is -2.05. The van der Waals surface area contributed by atoms with E-state index in [1.807, 2.05) is 5.48 Å². The molecule has 5 heteroatoms. The molecule has 0 spiro atoms. The van der Waals surface area contributed by atoms with Crippen LogP contribution in [0.25, 0.3) is 0 Å². The summed E-state index contributed by atoms with van der Waals surface area (Å²) < 4.78 is 0. The lowest BCUT2D eigenvalue weighted by molar-refractivity contribution is 0.387. The second-order valence-corrected chi connectivity index (χ2v) is 2.07. The molecule has 1 aromatic rings. The molecule has 0 bridgehead atoms. The molecule has 58 valence electrons. The van der Waals surface area contributed by atoms with Crippen molar-refractivity contribution in [3.8, 4) is 0 Å². The zero-order valence-electron chi connectivity index (χ0n) is 5.73. The standard InChI is InChI=1S/C6H8BNO3/c9-7(10)5-3-1-2-4-6(5)8-11/h1-4,8-11H. The van der Waals surface area contributed by atoms with Crippen LogP contribution in [0.5, 0.6) is 0 Å². The normalized spacial score (nSPS) is 9.36. The fraction of sp³-hybridized carbons (Fsp3) is 0. The van der Waals surface area contributed by atoms with E-state index in [9.17, 15) is 0 Å². The van der Waals surface area contributed by atoms with Gasteiger partial charge >= 0.3 is 7.12 Å². The van der Waals surface area contributed by atoms with Crippen LogP contribution < -0.4 is 10.9 Å². The highest BCUT2D eigenvalue weighted by molar-refractivity contribution is 6.60. The molecule has 1 rings (SSSR count). The quantitative estimate of drug-likeness (QED) is 0.330. The van der Waals surface area contributed by atoms with Gasteiger partial charge in [-0.05, 0) is 6.07 Å². The number of anilines is 1. The Morgan fingerprint density at radius 2 is 1.82 bits per heavy atom. The zero-order chi connectivity index (χ0) is 8.27. The Morgan fingerprint density at radius 3 is 2.27 bits per heavy atom. The van der Waals surface area contributed by atoms with Crippen molar-refractivity contribution in [2.75, 3.05) is 5.48 Å². The van der Waals surface area contributed by atoms with Gasteiger partial charge in [0.25, 0.3) is 0 Å². The summed E-state index contributed by atoms with van der Waals surface area (Å²) in [5.74, 6) is 0. The van der Waals surface area contributed by atoms with E-state index in [1.54, 1.807) is 12.1 Å². The second kappa shape index (κ2) is 3.38. The molecule has 0 amide bonds. The average molecular weight is 153 g/mol. The van der Waals surface area contributed by atoms with Crippen molar-refractivity contribution < 1.29 is 15.3 Å². The van der Waals surface area contributed by atoms with E-state index in [2.05, 4.69) is 0 Å². The third kappa shape index (κ3) is 1.71. The van der Waals surface area contributed by atoms with Gasteiger partial charge in [-0.3, -0.25) is 10.7 Å². The number of benzene rings is 1. The van der Waals surface area contributed by atoms with Crippen LogP contribution in [0.1, 0.15) is 0 Å². The summed E-state index contributed by atoms with van der Waals surface area (Å²) in [6, 6.07) is 6.36. The Kier molecular flexibility index (Phi) is 2.48. The van der Waals surface area contributed by atoms with Crippen LogP contribution in [0.15, 0.2) is 24.3 Å². The van der Waals surface area contributed by atoms with Gasteiger partial charge < -0.3 is 10.0 Å². The van der Waals surface area contributed by atoms with E-state index in [1.165, 1.54) is 12.1 Å². The van der Waals surface area contributed by atoms with Crippen molar-refractivity contribution in [1.82, 2.24) is 0 Å². The van der Waals surface area contributed by atoms with E-state index in [0.717, 1.165) is 0 Å². The fourth-order valence-electron chi connectivity index (χ4n) is 0.824. The summed E-state index contributed by atoms with van der Waals surface area (Å²) in [5.41, 5.74) is 2.40. The van der Waals surface area contributed by atoms with Crippen molar-refractivity contribution in [2.24, 2.45) is 0 Å². The van der Waals surface area contributed by atoms with Crippen LogP contribution in [0.3, 0.4) is 0 Å². The molecule has 0 heterocycles. The van der Waals surface area contributed by atoms with Gasteiger partial charge in [-0.25, -0.2) is 0 Å². The maximum atomic E-state index is 8.74. The zero-order valence-corrected chi connectivity index (χ0v) is 5.73. The number of nitrogens with one attached hydrogen (secondary N) is 1. The highest BCUT2D eigenvalue weighted by Gasteiger charge is 2.14. The van der Waals surface area contributed by atoms with Gasteiger partial charge in [0.2, 0.25) is 0 Å². The molecule has 0 unspecified atom stereocenters. The molecule has 0 atom stereocenters. The molecule has 4 N–H and O–H groups in total. The summed E-state index contributed by atoms with van der Waals surface area (Å²) in [7, 11) is -1.56. The lowest BCUT2D eigenvalue weighted by Crippen LogP contribution is -2.31. The number of hydrogen-bond donors (Lipinski definition) is 4. The van der Waals surface area contributed by atoms with Gasteiger partial charge in [0.05, 0.1) is 5.69 Å². The van der Waals surface area contributed by atoms with Crippen LogP contribution in [0, 0.1) is 0 Å². The molecule has 0 saturated heterocycles. The Labute approximate surface area is 64.2 Å². The van der Waals surface area contributed by atoms with Gasteiger partial charge in [-0.2, -0.15) is 0 Å². The van der Waals surface area contributed by atoms with Crippen LogP contribution in [-0.2, 0) is 0 Å². The van der Waals surface area contributed by atoms with Gasteiger partial charge in [0, 0.05) is 5.46 Å². The van der Waals surface area contributed by atoms with E-state index in [4.69, 9.17) is 15.3 Å². The third-order valence-electron chi connectivity index (χ3n) is 1.36. The molecule has 0 fully saturated rings. The van der Waals surface area contributed by atoms with Crippen LogP contribution >= 0.6 is 0 Å². The molecule has 0 radical (unpaired) electrons. The fourth-order valence-corrected chi connectivity index (χ4v) is 0.824. The van der Waals surface area contributed by atoms with Crippen LogP contribution in [0.4, 0.5) is 5.69 Å². The topological polar surface area (TPSA) is 72.7 Å². The maximum absolute atomic E-state index is 8.74. The molecule has 11 heavy (non-hydrogen) atoms. The minimum atomic E-state index is -1.56. The molecule has 0 aliphatic heterocycles. The van der Waals surface area contributed by atoms with Crippen molar-refractivity contribution in [3.63, 3.8) is 0 Å². The van der Waals surface area contributed by atoms with Crippen molar-refractivity contribution in [1.29, 1.82) is 0 Å². The smallest absolute Gasteiger partial charge is 0.423 e. The minimum absolute atomic E-state index is 0.245. The van der Waals surface area contributed by atoms with Gasteiger partial charge in [0.1, 0.15) is 0 Å². The van der Waals surface area contributed by atoms with E-state index in [0.29, 0.717) is 5.69 Å². The first-order valence-electron chi connectivity index (χ1n) is 3.11. The van der Waals surface area contributed by atoms with Gasteiger partial charge in [-0.1, -0.05) is 18.2 Å². The predicted molar refractivity (Wildman–Crippen MR) is 41.7 cm³/mol. The number of hydrogen-bond acceptors (Lipinski definition) is 4. The summed E-state index contributed by atoms with van der Waals surface area (Å²) in [4.78, 5) is 0. The lowest BCUT2D eigenvalue weighted by atomic mass is 9.79. The van der Waals surface area contributed by atoms with Gasteiger partial charge in [-0.15, -0.1) is 0 Å². The molecule has 0 aliphatic carbocycles.